The molecule has 1 fully saturated rings. The maximum atomic E-state index is 12.8. The zero-order valence-electron chi connectivity index (χ0n) is 18.0. The average Bonchev–Trinajstić information content (AvgIpc) is 3.22. The van der Waals surface area contributed by atoms with Gasteiger partial charge in [-0.25, -0.2) is 13.1 Å². The van der Waals surface area contributed by atoms with Gasteiger partial charge in [-0.1, -0.05) is 35.9 Å². The van der Waals surface area contributed by atoms with E-state index in [0.717, 1.165) is 5.56 Å². The number of aromatic nitrogens is 2. The van der Waals surface area contributed by atoms with Crippen molar-refractivity contribution in [2.24, 2.45) is 0 Å². The number of nitrogens with zero attached hydrogens (tertiary/aromatic N) is 3. The molecule has 182 valence electrons. The molecule has 12 heteroatoms. The predicted molar refractivity (Wildman–Crippen MR) is 121 cm³/mol. The lowest BCUT2D eigenvalue weighted by molar-refractivity contribution is -0.0501. The van der Waals surface area contributed by atoms with Crippen LogP contribution in [0.15, 0.2) is 54.6 Å². The maximum absolute atomic E-state index is 12.8. The second kappa shape index (κ2) is 9.47. The minimum absolute atomic E-state index is 0.104. The molecule has 1 saturated heterocycles. The third-order valence-corrected chi connectivity index (χ3v) is 7.34. The van der Waals surface area contributed by atoms with Crippen LogP contribution in [0, 0.1) is 0 Å². The Balaban J connectivity index is 1.60. The number of halogens is 4. The maximum Gasteiger partial charge on any atom is 0.511 e. The van der Waals surface area contributed by atoms with E-state index in [1.165, 1.54) is 0 Å². The van der Waals surface area contributed by atoms with Crippen LogP contribution in [0.25, 0.3) is 16.9 Å². The fraction of sp³-hybridized carbons (Fsp3) is 0.318. The number of methoxy groups -OCH3 is 1. The van der Waals surface area contributed by atoms with E-state index in [4.69, 9.17) is 21.1 Å². The molecule has 0 aliphatic carbocycles. The van der Waals surface area contributed by atoms with Crippen molar-refractivity contribution in [3.63, 3.8) is 0 Å². The van der Waals surface area contributed by atoms with Crippen LogP contribution < -0.4 is 9.47 Å². The van der Waals surface area contributed by atoms with E-state index in [-0.39, 0.29) is 31.8 Å². The molecule has 7 nitrogen and oxygen atoms in total. The lowest BCUT2D eigenvalue weighted by Crippen LogP contribution is -2.46. The van der Waals surface area contributed by atoms with Crippen molar-refractivity contribution in [3.05, 3.63) is 59.6 Å². The molecule has 1 aliphatic heterocycles. The van der Waals surface area contributed by atoms with Gasteiger partial charge in [0.2, 0.25) is 5.88 Å². The van der Waals surface area contributed by atoms with E-state index in [1.54, 1.807) is 36.1 Å². The minimum Gasteiger partial charge on any atom is -0.494 e. The molecule has 1 aliphatic rings. The van der Waals surface area contributed by atoms with Crippen LogP contribution in [-0.4, -0.2) is 54.3 Å². The van der Waals surface area contributed by atoms with Crippen molar-refractivity contribution in [1.82, 2.24) is 14.1 Å². The molecule has 0 saturated carbocycles. The van der Waals surface area contributed by atoms with Crippen LogP contribution in [-0.2, 0) is 10.0 Å². The normalized spacial score (nSPS) is 15.9. The van der Waals surface area contributed by atoms with Crippen molar-refractivity contribution >= 4 is 21.6 Å². The second-order valence-electron chi connectivity index (χ2n) is 7.63. The topological polar surface area (TPSA) is 73.7 Å². The highest BCUT2D eigenvalue weighted by Crippen LogP contribution is 2.33. The van der Waals surface area contributed by atoms with Gasteiger partial charge in [-0.05, 0) is 37.1 Å². The number of para-hydroxylation sites is 2. The second-order valence-corrected chi connectivity index (χ2v) is 9.99. The molecule has 3 aromatic rings. The van der Waals surface area contributed by atoms with Crippen LogP contribution in [0.5, 0.6) is 11.6 Å². The lowest BCUT2D eigenvalue weighted by atomic mass is 10.1. The molecule has 0 bridgehead atoms. The van der Waals surface area contributed by atoms with Gasteiger partial charge < -0.3 is 9.47 Å². The molecule has 34 heavy (non-hydrogen) atoms. The first-order chi connectivity index (χ1) is 16.1. The number of benzene rings is 2. The van der Waals surface area contributed by atoms with E-state index in [1.807, 2.05) is 30.3 Å². The van der Waals surface area contributed by atoms with Crippen molar-refractivity contribution in [1.29, 1.82) is 0 Å². The summed E-state index contributed by atoms with van der Waals surface area (Å²) in [5, 5.41) is 5.13. The van der Waals surface area contributed by atoms with Crippen LogP contribution in [0.4, 0.5) is 13.2 Å². The standard InChI is InChI=1S/C22H21ClF3N3O4S/c1-32-20-5-3-2-4-18(20)29-19(15-6-8-16(23)9-7-15)14-21(27-29)33-17-10-12-28(13-11-17)34(30,31)22(24,25)26/h2-9,14,17H,10-13H2,1H3. The first-order valence-corrected chi connectivity index (χ1v) is 12.1. The van der Waals surface area contributed by atoms with Crippen molar-refractivity contribution < 1.29 is 31.1 Å². The molecule has 0 N–H and O–H groups in total. The van der Waals surface area contributed by atoms with Gasteiger partial charge in [-0.15, -0.1) is 5.10 Å². The Bertz CT molecular complexity index is 1260. The third kappa shape index (κ3) is 4.86. The third-order valence-electron chi connectivity index (χ3n) is 5.46. The Kier molecular flexibility index (Phi) is 6.79. The molecule has 0 radical (unpaired) electrons. The summed E-state index contributed by atoms with van der Waals surface area (Å²) in [5.41, 5.74) is -3.16. The smallest absolute Gasteiger partial charge is 0.494 e. The predicted octanol–water partition coefficient (Wildman–Crippen LogP) is 4.89. The van der Waals surface area contributed by atoms with Gasteiger partial charge in [0, 0.05) is 29.7 Å². The molecule has 2 heterocycles. The highest BCUT2D eigenvalue weighted by molar-refractivity contribution is 7.90. The first-order valence-electron chi connectivity index (χ1n) is 10.3. The van der Waals surface area contributed by atoms with Gasteiger partial charge in [0.05, 0.1) is 12.8 Å². The fourth-order valence-corrected chi connectivity index (χ4v) is 4.85. The van der Waals surface area contributed by atoms with Crippen LogP contribution >= 0.6 is 11.6 Å². The summed E-state index contributed by atoms with van der Waals surface area (Å²) in [6.45, 7) is -0.576. The number of alkyl halides is 3. The summed E-state index contributed by atoms with van der Waals surface area (Å²) in [4.78, 5) is 0. The van der Waals surface area contributed by atoms with E-state index in [9.17, 15) is 21.6 Å². The van der Waals surface area contributed by atoms with Gasteiger partial charge >= 0.3 is 15.5 Å². The fourth-order valence-electron chi connectivity index (χ4n) is 3.74. The number of hydrogen-bond donors (Lipinski definition) is 0. The quantitative estimate of drug-likeness (QED) is 0.467. The van der Waals surface area contributed by atoms with E-state index < -0.39 is 21.6 Å². The summed E-state index contributed by atoms with van der Waals surface area (Å²) in [5.74, 6) is 0.839. The molecule has 1 aromatic heterocycles. The SMILES string of the molecule is COc1ccccc1-n1nc(OC2CCN(S(=O)(=O)C(F)(F)F)CC2)cc1-c1ccc(Cl)cc1. The Morgan fingerprint density at radius 1 is 1.06 bits per heavy atom. The summed E-state index contributed by atoms with van der Waals surface area (Å²) < 4.78 is 75.3. The monoisotopic (exact) mass is 515 g/mol. The highest BCUT2D eigenvalue weighted by atomic mass is 35.5. The largest absolute Gasteiger partial charge is 0.511 e. The first kappa shape index (κ1) is 24.4. The molecular formula is C22H21ClF3N3O4S. The van der Waals surface area contributed by atoms with Gasteiger partial charge in [0.1, 0.15) is 17.5 Å². The summed E-state index contributed by atoms with van der Waals surface area (Å²) in [6, 6.07) is 16.1. The van der Waals surface area contributed by atoms with Gasteiger partial charge in [-0.2, -0.15) is 17.5 Å². The molecule has 0 atom stereocenters. The minimum atomic E-state index is -5.35. The van der Waals surface area contributed by atoms with Crippen molar-refractivity contribution in [2.75, 3.05) is 20.2 Å². The Morgan fingerprint density at radius 3 is 2.32 bits per heavy atom. The zero-order chi connectivity index (χ0) is 24.5. The molecular weight excluding hydrogens is 495 g/mol. The van der Waals surface area contributed by atoms with E-state index in [2.05, 4.69) is 5.10 Å². The Morgan fingerprint density at radius 2 is 1.71 bits per heavy atom. The Hall–Kier alpha value is -2.76. The van der Waals surface area contributed by atoms with Crippen LogP contribution in [0.3, 0.4) is 0 Å². The van der Waals surface area contributed by atoms with E-state index >= 15 is 0 Å². The van der Waals surface area contributed by atoms with Gasteiger partial charge in [0.15, 0.2) is 0 Å². The van der Waals surface area contributed by atoms with Crippen molar-refractivity contribution in [2.45, 2.75) is 24.5 Å². The lowest BCUT2D eigenvalue weighted by Gasteiger charge is -2.31. The van der Waals surface area contributed by atoms with Crippen LogP contribution in [0.1, 0.15) is 12.8 Å². The molecule has 4 rings (SSSR count). The average molecular weight is 516 g/mol. The molecule has 0 unspecified atom stereocenters. The highest BCUT2D eigenvalue weighted by Gasteiger charge is 2.50. The zero-order valence-corrected chi connectivity index (χ0v) is 19.6. The van der Waals surface area contributed by atoms with Crippen molar-refractivity contribution in [3.8, 4) is 28.6 Å². The molecule has 0 spiro atoms. The van der Waals surface area contributed by atoms with E-state index in [0.29, 0.717) is 26.5 Å². The summed E-state index contributed by atoms with van der Waals surface area (Å²) in [6.07, 6.45) is -0.279. The number of sulfonamides is 1. The number of hydrogen-bond acceptors (Lipinski definition) is 5. The number of piperidine rings is 1. The summed E-state index contributed by atoms with van der Waals surface area (Å²) in [7, 11) is -3.80. The number of ether oxygens (including phenoxy) is 2. The molecule has 2 aromatic carbocycles. The summed E-state index contributed by atoms with van der Waals surface area (Å²) >= 11 is 6.03. The number of rotatable bonds is 6. The van der Waals surface area contributed by atoms with Gasteiger partial charge in [0.25, 0.3) is 0 Å². The van der Waals surface area contributed by atoms with Gasteiger partial charge in [-0.3, -0.25) is 0 Å². The van der Waals surface area contributed by atoms with Crippen LogP contribution in [0.2, 0.25) is 5.02 Å². The molecule has 0 amide bonds. The Labute approximate surface area is 199 Å².